The van der Waals surface area contributed by atoms with Gasteiger partial charge in [0, 0.05) is 5.92 Å². The molecule has 16 heavy (non-hydrogen) atoms. The van der Waals surface area contributed by atoms with Crippen molar-refractivity contribution in [1.82, 2.24) is 5.32 Å². The highest BCUT2D eigenvalue weighted by molar-refractivity contribution is 6.33. The first-order valence-corrected chi connectivity index (χ1v) is 5.91. The van der Waals surface area contributed by atoms with Gasteiger partial charge >= 0.3 is 0 Å². The van der Waals surface area contributed by atoms with E-state index >= 15 is 0 Å². The molecule has 2 rings (SSSR count). The first kappa shape index (κ1) is 11.4. The van der Waals surface area contributed by atoms with Crippen molar-refractivity contribution in [3.63, 3.8) is 0 Å². The largest absolute Gasteiger partial charge is 0.325 e. The molecule has 4 heteroatoms. The highest BCUT2D eigenvalue weighted by Crippen LogP contribution is 2.22. The SMILES string of the molecule is O=C(Nc1ccccc1Cl)C1CCNCC1. The van der Waals surface area contributed by atoms with Gasteiger partial charge in [0.1, 0.15) is 0 Å². The smallest absolute Gasteiger partial charge is 0.227 e. The van der Waals surface area contributed by atoms with Crippen LogP contribution in [0, 0.1) is 5.92 Å². The molecule has 1 heterocycles. The van der Waals surface area contributed by atoms with Gasteiger partial charge in [-0.1, -0.05) is 23.7 Å². The first-order valence-electron chi connectivity index (χ1n) is 5.53. The summed E-state index contributed by atoms with van der Waals surface area (Å²) in [4.78, 5) is 11.9. The number of carbonyl (C=O) groups is 1. The molecule has 0 aliphatic carbocycles. The molecule has 0 atom stereocenters. The fraction of sp³-hybridized carbons (Fsp3) is 0.417. The Morgan fingerprint density at radius 2 is 2.00 bits per heavy atom. The molecule has 0 bridgehead atoms. The van der Waals surface area contributed by atoms with E-state index in [-0.39, 0.29) is 11.8 Å². The van der Waals surface area contributed by atoms with Crippen molar-refractivity contribution in [3.05, 3.63) is 29.3 Å². The number of piperidine rings is 1. The summed E-state index contributed by atoms with van der Waals surface area (Å²) in [5.74, 6) is 0.187. The summed E-state index contributed by atoms with van der Waals surface area (Å²) in [5.41, 5.74) is 0.702. The van der Waals surface area contributed by atoms with Crippen molar-refractivity contribution in [1.29, 1.82) is 0 Å². The van der Waals surface area contributed by atoms with Gasteiger partial charge in [-0.3, -0.25) is 4.79 Å². The summed E-state index contributed by atoms with van der Waals surface area (Å²) in [6.07, 6.45) is 1.80. The summed E-state index contributed by atoms with van der Waals surface area (Å²) >= 11 is 5.98. The third-order valence-corrected chi connectivity index (χ3v) is 3.17. The predicted molar refractivity (Wildman–Crippen MR) is 65.7 cm³/mol. The molecule has 1 amide bonds. The zero-order chi connectivity index (χ0) is 11.4. The Balaban J connectivity index is 1.99. The zero-order valence-electron chi connectivity index (χ0n) is 9.00. The van der Waals surface area contributed by atoms with Gasteiger partial charge in [0.05, 0.1) is 10.7 Å². The van der Waals surface area contributed by atoms with Gasteiger partial charge in [-0.15, -0.1) is 0 Å². The van der Waals surface area contributed by atoms with E-state index < -0.39 is 0 Å². The normalized spacial score (nSPS) is 17.1. The monoisotopic (exact) mass is 238 g/mol. The number of hydrogen-bond acceptors (Lipinski definition) is 2. The Kier molecular flexibility index (Phi) is 3.80. The Hall–Kier alpha value is -1.06. The third-order valence-electron chi connectivity index (χ3n) is 2.84. The van der Waals surface area contributed by atoms with E-state index in [4.69, 9.17) is 11.6 Å². The Bertz CT molecular complexity index is 375. The van der Waals surface area contributed by atoms with Gasteiger partial charge in [0.25, 0.3) is 0 Å². The molecular weight excluding hydrogens is 224 g/mol. The quantitative estimate of drug-likeness (QED) is 0.830. The van der Waals surface area contributed by atoms with Crippen LogP contribution in [0.5, 0.6) is 0 Å². The van der Waals surface area contributed by atoms with Crippen molar-refractivity contribution in [2.75, 3.05) is 18.4 Å². The fourth-order valence-corrected chi connectivity index (χ4v) is 2.06. The van der Waals surface area contributed by atoms with Crippen molar-refractivity contribution < 1.29 is 4.79 Å². The van der Waals surface area contributed by atoms with E-state index in [0.717, 1.165) is 25.9 Å². The summed E-state index contributed by atoms with van der Waals surface area (Å²) < 4.78 is 0. The molecule has 0 spiro atoms. The van der Waals surface area contributed by atoms with Crippen LogP contribution in [-0.2, 0) is 4.79 Å². The lowest BCUT2D eigenvalue weighted by Gasteiger charge is -2.21. The van der Waals surface area contributed by atoms with E-state index in [1.165, 1.54) is 0 Å². The van der Waals surface area contributed by atoms with Crippen LogP contribution < -0.4 is 10.6 Å². The van der Waals surface area contributed by atoms with E-state index in [0.29, 0.717) is 10.7 Å². The summed E-state index contributed by atoms with van der Waals surface area (Å²) in [6, 6.07) is 7.31. The van der Waals surface area contributed by atoms with Crippen LogP contribution in [-0.4, -0.2) is 19.0 Å². The number of amides is 1. The lowest BCUT2D eigenvalue weighted by atomic mass is 9.97. The second-order valence-electron chi connectivity index (χ2n) is 3.99. The van der Waals surface area contributed by atoms with Crippen LogP contribution in [0.2, 0.25) is 5.02 Å². The minimum atomic E-state index is 0.0783. The van der Waals surface area contributed by atoms with Gasteiger partial charge in [-0.25, -0.2) is 0 Å². The Morgan fingerprint density at radius 3 is 2.69 bits per heavy atom. The minimum absolute atomic E-state index is 0.0783. The number of anilines is 1. The summed E-state index contributed by atoms with van der Waals surface area (Å²) in [7, 11) is 0. The molecule has 0 radical (unpaired) electrons. The molecule has 1 aliphatic heterocycles. The van der Waals surface area contributed by atoms with Gasteiger partial charge in [-0.05, 0) is 38.1 Å². The molecule has 1 saturated heterocycles. The average molecular weight is 239 g/mol. The molecule has 0 saturated carbocycles. The van der Waals surface area contributed by atoms with E-state index in [1.54, 1.807) is 6.07 Å². The van der Waals surface area contributed by atoms with Gasteiger partial charge in [0.15, 0.2) is 0 Å². The third kappa shape index (κ3) is 2.74. The first-order chi connectivity index (χ1) is 7.77. The van der Waals surface area contributed by atoms with E-state index in [1.807, 2.05) is 18.2 Å². The van der Waals surface area contributed by atoms with E-state index in [2.05, 4.69) is 10.6 Å². The number of rotatable bonds is 2. The molecule has 0 unspecified atom stereocenters. The van der Waals surface area contributed by atoms with Crippen molar-refractivity contribution >= 4 is 23.2 Å². The molecule has 2 N–H and O–H groups in total. The van der Waals surface area contributed by atoms with Gasteiger partial charge in [-0.2, -0.15) is 0 Å². The molecule has 1 aromatic rings. The number of nitrogens with one attached hydrogen (secondary N) is 2. The molecule has 0 aromatic heterocycles. The lowest BCUT2D eigenvalue weighted by Crippen LogP contribution is -2.34. The minimum Gasteiger partial charge on any atom is -0.325 e. The van der Waals surface area contributed by atoms with Crippen LogP contribution in [0.1, 0.15) is 12.8 Å². The second kappa shape index (κ2) is 5.32. The topological polar surface area (TPSA) is 41.1 Å². The number of halogens is 1. The zero-order valence-corrected chi connectivity index (χ0v) is 9.76. The van der Waals surface area contributed by atoms with Crippen molar-refractivity contribution in [3.8, 4) is 0 Å². The highest BCUT2D eigenvalue weighted by Gasteiger charge is 2.21. The second-order valence-corrected chi connectivity index (χ2v) is 4.40. The van der Waals surface area contributed by atoms with Crippen LogP contribution in [0.3, 0.4) is 0 Å². The van der Waals surface area contributed by atoms with Gasteiger partial charge < -0.3 is 10.6 Å². The van der Waals surface area contributed by atoms with Crippen LogP contribution >= 0.6 is 11.6 Å². The number of hydrogen-bond donors (Lipinski definition) is 2. The van der Waals surface area contributed by atoms with Crippen LogP contribution in [0.25, 0.3) is 0 Å². The van der Waals surface area contributed by atoms with Gasteiger partial charge in [0.2, 0.25) is 5.91 Å². The maximum absolute atomic E-state index is 11.9. The molecule has 1 aliphatic rings. The highest BCUT2D eigenvalue weighted by atomic mass is 35.5. The Labute approximate surface area is 100 Å². The van der Waals surface area contributed by atoms with Crippen molar-refractivity contribution in [2.24, 2.45) is 5.92 Å². The van der Waals surface area contributed by atoms with Crippen LogP contribution in [0.15, 0.2) is 24.3 Å². The number of carbonyl (C=O) groups excluding carboxylic acids is 1. The Morgan fingerprint density at radius 1 is 1.31 bits per heavy atom. The summed E-state index contributed by atoms with van der Waals surface area (Å²) in [5, 5.41) is 6.71. The average Bonchev–Trinajstić information content (AvgIpc) is 2.33. The fourth-order valence-electron chi connectivity index (χ4n) is 1.88. The summed E-state index contributed by atoms with van der Waals surface area (Å²) in [6.45, 7) is 1.83. The van der Waals surface area contributed by atoms with Crippen molar-refractivity contribution in [2.45, 2.75) is 12.8 Å². The standard InChI is InChI=1S/C12H15ClN2O/c13-10-3-1-2-4-11(10)15-12(16)9-5-7-14-8-6-9/h1-4,9,14H,5-8H2,(H,15,16). The number of benzene rings is 1. The molecule has 86 valence electrons. The lowest BCUT2D eigenvalue weighted by molar-refractivity contribution is -0.120. The molecule has 1 fully saturated rings. The number of para-hydroxylation sites is 1. The van der Waals surface area contributed by atoms with Crippen LogP contribution in [0.4, 0.5) is 5.69 Å². The molecular formula is C12H15ClN2O. The molecule has 3 nitrogen and oxygen atoms in total. The van der Waals surface area contributed by atoms with E-state index in [9.17, 15) is 4.79 Å². The maximum atomic E-state index is 11.9. The maximum Gasteiger partial charge on any atom is 0.227 e. The predicted octanol–water partition coefficient (Wildman–Crippen LogP) is 2.28. The molecule has 1 aromatic carbocycles.